The Hall–Kier alpha value is -2.54. The van der Waals surface area contributed by atoms with Gasteiger partial charge in [0.05, 0.1) is 24.2 Å². The highest BCUT2D eigenvalue weighted by Crippen LogP contribution is 2.39. The third-order valence-corrected chi connectivity index (χ3v) is 5.12. The Bertz CT molecular complexity index is 956. The second-order valence-corrected chi connectivity index (χ2v) is 6.79. The van der Waals surface area contributed by atoms with Crippen LogP contribution in [0.3, 0.4) is 0 Å². The summed E-state index contributed by atoms with van der Waals surface area (Å²) in [4.78, 5) is 25.5. The number of amides is 1. The first kappa shape index (κ1) is 18.3. The van der Waals surface area contributed by atoms with E-state index in [-0.39, 0.29) is 28.7 Å². The third-order valence-electron chi connectivity index (χ3n) is 4.22. The fraction of sp³-hybridized carbons (Fsp3) is 0.158. The highest BCUT2D eigenvalue weighted by Gasteiger charge is 2.30. The minimum Gasteiger partial charge on any atom is -0.478 e. The molecule has 0 aliphatic carbocycles. The first-order chi connectivity index (χ1) is 12.3. The van der Waals surface area contributed by atoms with Crippen molar-refractivity contribution in [1.82, 2.24) is 0 Å². The van der Waals surface area contributed by atoms with Gasteiger partial charge in [0.15, 0.2) is 0 Å². The summed E-state index contributed by atoms with van der Waals surface area (Å²) in [7, 11) is 0. The van der Waals surface area contributed by atoms with E-state index in [4.69, 9.17) is 0 Å². The van der Waals surface area contributed by atoms with Crippen molar-refractivity contribution in [3.63, 3.8) is 0 Å². The van der Waals surface area contributed by atoms with Gasteiger partial charge in [0.2, 0.25) is 5.91 Å². The topological polar surface area (TPSA) is 57.6 Å². The predicted molar refractivity (Wildman–Crippen MR) is 96.8 cm³/mol. The van der Waals surface area contributed by atoms with Crippen molar-refractivity contribution in [2.75, 3.05) is 4.90 Å². The van der Waals surface area contributed by atoms with Crippen LogP contribution in [0.4, 0.5) is 14.5 Å². The number of anilines is 1. The Morgan fingerprint density at radius 3 is 2.62 bits per heavy atom. The van der Waals surface area contributed by atoms with E-state index in [1.165, 1.54) is 29.2 Å². The van der Waals surface area contributed by atoms with Crippen LogP contribution in [0.5, 0.6) is 0 Å². The lowest BCUT2D eigenvalue weighted by molar-refractivity contribution is -0.133. The molecule has 0 spiro atoms. The van der Waals surface area contributed by atoms with Gasteiger partial charge < -0.3 is 10.0 Å². The number of carboxylic acid groups (broad SMARTS) is 1. The zero-order valence-electron chi connectivity index (χ0n) is 13.7. The molecule has 0 saturated carbocycles. The van der Waals surface area contributed by atoms with Gasteiger partial charge >= 0.3 is 5.97 Å². The molecule has 1 aliphatic rings. The maximum Gasteiger partial charge on any atom is 0.333 e. The van der Waals surface area contributed by atoms with Crippen LogP contribution in [0.2, 0.25) is 0 Å². The van der Waals surface area contributed by atoms with E-state index in [0.29, 0.717) is 16.7 Å². The molecule has 1 N–H and O–H groups in total. The second-order valence-electron chi connectivity index (χ2n) is 6.00. The molecule has 3 rings (SSSR count). The van der Waals surface area contributed by atoms with Crippen LogP contribution in [0, 0.1) is 18.6 Å². The molecular weight excluding hydrogens is 408 g/mol. The normalized spacial score (nSPS) is 14.3. The molecule has 0 bridgehead atoms. The number of nitrogens with zero attached hydrogens (tertiary/aromatic N) is 1. The van der Waals surface area contributed by atoms with Gasteiger partial charge in [-0.2, -0.15) is 0 Å². The molecule has 26 heavy (non-hydrogen) atoms. The van der Waals surface area contributed by atoms with Crippen molar-refractivity contribution in [2.24, 2.45) is 0 Å². The fourth-order valence-electron chi connectivity index (χ4n) is 2.80. The van der Waals surface area contributed by atoms with Crippen LogP contribution in [-0.2, 0) is 16.1 Å². The van der Waals surface area contributed by atoms with E-state index < -0.39 is 23.5 Å². The van der Waals surface area contributed by atoms with Crippen LogP contribution in [0.15, 0.2) is 42.0 Å². The molecule has 2 aromatic rings. The molecule has 7 heteroatoms. The molecule has 4 nitrogen and oxygen atoms in total. The fourth-order valence-corrected chi connectivity index (χ4v) is 3.44. The Morgan fingerprint density at radius 2 is 1.96 bits per heavy atom. The number of carbonyl (C=O) groups excluding carboxylic acids is 1. The SMILES string of the molecule is Cc1ccc(CN2C(=O)CC(C(=O)O)=C(Br)c3ccc(F)cc32)cc1F. The maximum atomic E-state index is 13.8. The van der Waals surface area contributed by atoms with Crippen molar-refractivity contribution < 1.29 is 23.5 Å². The van der Waals surface area contributed by atoms with Crippen molar-refractivity contribution in [3.05, 3.63) is 70.3 Å². The predicted octanol–water partition coefficient (Wildman–Crippen LogP) is 4.40. The largest absolute Gasteiger partial charge is 0.478 e. The van der Waals surface area contributed by atoms with Crippen molar-refractivity contribution >= 4 is 38.0 Å². The molecule has 0 radical (unpaired) electrons. The number of carbonyl (C=O) groups is 2. The first-order valence-corrected chi connectivity index (χ1v) is 8.54. The number of halogens is 3. The van der Waals surface area contributed by atoms with Gasteiger partial charge in [-0.3, -0.25) is 4.79 Å². The van der Waals surface area contributed by atoms with Gasteiger partial charge in [0.1, 0.15) is 11.6 Å². The molecule has 1 amide bonds. The van der Waals surface area contributed by atoms with E-state index in [2.05, 4.69) is 15.9 Å². The summed E-state index contributed by atoms with van der Waals surface area (Å²) in [6.07, 6.45) is -0.361. The lowest BCUT2D eigenvalue weighted by atomic mass is 10.1. The number of hydrogen-bond acceptors (Lipinski definition) is 2. The molecule has 1 aliphatic heterocycles. The van der Waals surface area contributed by atoms with Crippen LogP contribution in [0.25, 0.3) is 4.48 Å². The van der Waals surface area contributed by atoms with Crippen molar-refractivity contribution in [3.8, 4) is 0 Å². The number of aryl methyl sites for hydroxylation is 1. The Labute approximate surface area is 156 Å². The minimum atomic E-state index is -1.23. The molecule has 0 aromatic heterocycles. The van der Waals surface area contributed by atoms with Crippen LogP contribution >= 0.6 is 15.9 Å². The van der Waals surface area contributed by atoms with E-state index in [1.54, 1.807) is 19.1 Å². The summed E-state index contributed by atoms with van der Waals surface area (Å²) < 4.78 is 27.9. The lowest BCUT2D eigenvalue weighted by Gasteiger charge is -2.23. The standard InChI is InChI=1S/C19H14BrF2NO3/c1-10-2-3-11(6-15(10)22)9-23-16-7-12(21)4-5-13(16)18(20)14(19(25)26)8-17(23)24/h2-7H,8-9H2,1H3,(H,25,26). The molecule has 0 saturated heterocycles. The number of fused-ring (bicyclic) bond motifs is 1. The highest BCUT2D eigenvalue weighted by molar-refractivity contribution is 9.15. The summed E-state index contributed by atoms with van der Waals surface area (Å²) in [5.41, 5.74) is 1.51. The smallest absolute Gasteiger partial charge is 0.333 e. The van der Waals surface area contributed by atoms with E-state index in [9.17, 15) is 23.5 Å². The Kier molecular flexibility index (Phi) is 4.91. The van der Waals surface area contributed by atoms with Gasteiger partial charge in [-0.25, -0.2) is 13.6 Å². The maximum absolute atomic E-state index is 13.8. The van der Waals surface area contributed by atoms with E-state index >= 15 is 0 Å². The van der Waals surface area contributed by atoms with Crippen molar-refractivity contribution in [1.29, 1.82) is 0 Å². The average molecular weight is 422 g/mol. The van der Waals surface area contributed by atoms with Crippen LogP contribution < -0.4 is 4.90 Å². The Balaban J connectivity index is 2.11. The van der Waals surface area contributed by atoms with Crippen molar-refractivity contribution in [2.45, 2.75) is 19.9 Å². The second kappa shape index (κ2) is 6.99. The zero-order chi connectivity index (χ0) is 19.0. The summed E-state index contributed by atoms with van der Waals surface area (Å²) >= 11 is 3.23. The number of aliphatic carboxylic acids is 1. The minimum absolute atomic E-state index is 0.000332. The molecule has 0 fully saturated rings. The van der Waals surface area contributed by atoms with Gasteiger partial charge in [0, 0.05) is 10.0 Å². The molecule has 1 heterocycles. The number of hydrogen-bond donors (Lipinski definition) is 1. The number of benzene rings is 2. The lowest BCUT2D eigenvalue weighted by Crippen LogP contribution is -2.30. The average Bonchev–Trinajstić information content (AvgIpc) is 2.68. The number of carboxylic acids is 1. The number of rotatable bonds is 3. The summed E-state index contributed by atoms with van der Waals surface area (Å²) in [6, 6.07) is 8.36. The molecule has 134 valence electrons. The van der Waals surface area contributed by atoms with E-state index in [0.717, 1.165) is 0 Å². The Morgan fingerprint density at radius 1 is 1.23 bits per heavy atom. The summed E-state index contributed by atoms with van der Waals surface area (Å²) in [5.74, 6) is -2.71. The first-order valence-electron chi connectivity index (χ1n) is 7.75. The van der Waals surface area contributed by atoms with Crippen LogP contribution in [0.1, 0.15) is 23.1 Å². The van der Waals surface area contributed by atoms with Crippen LogP contribution in [-0.4, -0.2) is 17.0 Å². The molecule has 0 atom stereocenters. The zero-order valence-corrected chi connectivity index (χ0v) is 15.3. The van der Waals surface area contributed by atoms with E-state index in [1.807, 2.05) is 0 Å². The van der Waals surface area contributed by atoms with Gasteiger partial charge in [-0.1, -0.05) is 12.1 Å². The highest BCUT2D eigenvalue weighted by atomic mass is 79.9. The monoisotopic (exact) mass is 421 g/mol. The molecular formula is C19H14BrF2NO3. The van der Waals surface area contributed by atoms with Gasteiger partial charge in [-0.15, -0.1) is 0 Å². The van der Waals surface area contributed by atoms with Gasteiger partial charge in [-0.05, 0) is 58.2 Å². The molecule has 0 unspecified atom stereocenters. The quantitative estimate of drug-likeness (QED) is 0.798. The van der Waals surface area contributed by atoms with Gasteiger partial charge in [0.25, 0.3) is 0 Å². The molecule has 2 aromatic carbocycles. The third kappa shape index (κ3) is 3.39. The summed E-state index contributed by atoms with van der Waals surface area (Å²) in [6.45, 7) is 1.63. The summed E-state index contributed by atoms with van der Waals surface area (Å²) in [5, 5.41) is 9.39.